The highest BCUT2D eigenvalue weighted by atomic mass is 16.4. The van der Waals surface area contributed by atoms with E-state index >= 15 is 0 Å². The van der Waals surface area contributed by atoms with Gasteiger partial charge in [-0.3, -0.25) is 14.3 Å². The van der Waals surface area contributed by atoms with Crippen LogP contribution in [0.3, 0.4) is 0 Å². The molecule has 1 aromatic heterocycles. The van der Waals surface area contributed by atoms with E-state index in [4.69, 9.17) is 5.11 Å². The lowest BCUT2D eigenvalue weighted by molar-refractivity contribution is 0.102. The Hall–Kier alpha value is -3.68. The molecule has 3 heterocycles. The number of hydrogen-bond donors (Lipinski definition) is 2. The van der Waals surface area contributed by atoms with Gasteiger partial charge in [-0.25, -0.2) is 4.79 Å². The molecule has 2 N–H and O–H groups in total. The summed E-state index contributed by atoms with van der Waals surface area (Å²) in [4.78, 5) is 37.7. The minimum Gasteiger partial charge on any atom is -0.465 e. The summed E-state index contributed by atoms with van der Waals surface area (Å²) in [5.41, 5.74) is 2.30. The van der Waals surface area contributed by atoms with E-state index in [-0.39, 0.29) is 17.7 Å². The standard InChI is InChI=1S/C21H18N4O4/c26-19(12-10-22-25(11-12)13-6-8-24(9-7-13)21(28)29)15-4-5-17-18-14(15)2-1-3-16(18)20(27)23-17/h1-5,10-11,13H,6-9H2,(H,23,27)(H,28,29). The Balaban J connectivity index is 1.44. The van der Waals surface area contributed by atoms with Gasteiger partial charge in [-0.15, -0.1) is 0 Å². The maximum Gasteiger partial charge on any atom is 0.407 e. The van der Waals surface area contributed by atoms with Gasteiger partial charge in [-0.1, -0.05) is 12.1 Å². The lowest BCUT2D eigenvalue weighted by Gasteiger charge is -2.29. The zero-order valence-corrected chi connectivity index (χ0v) is 15.5. The van der Waals surface area contributed by atoms with Crippen molar-refractivity contribution in [3.05, 3.63) is 59.4 Å². The van der Waals surface area contributed by atoms with E-state index in [0.717, 1.165) is 16.5 Å². The fraction of sp³-hybridized carbons (Fsp3) is 0.238. The van der Waals surface area contributed by atoms with Crippen molar-refractivity contribution in [2.24, 2.45) is 0 Å². The van der Waals surface area contributed by atoms with Crippen molar-refractivity contribution in [2.45, 2.75) is 18.9 Å². The predicted molar refractivity (Wildman–Crippen MR) is 105 cm³/mol. The molecule has 0 spiro atoms. The van der Waals surface area contributed by atoms with E-state index in [1.54, 1.807) is 41.3 Å². The van der Waals surface area contributed by atoms with Crippen LogP contribution >= 0.6 is 0 Å². The summed E-state index contributed by atoms with van der Waals surface area (Å²) in [6.07, 6.45) is 3.71. The third kappa shape index (κ3) is 2.75. The number of likely N-dealkylation sites (tertiary alicyclic amines) is 1. The molecule has 1 fully saturated rings. The van der Waals surface area contributed by atoms with E-state index < -0.39 is 6.09 Å². The molecule has 0 radical (unpaired) electrons. The first-order valence-corrected chi connectivity index (χ1v) is 9.47. The van der Waals surface area contributed by atoms with Crippen molar-refractivity contribution >= 4 is 34.2 Å². The largest absolute Gasteiger partial charge is 0.465 e. The van der Waals surface area contributed by atoms with Crippen LogP contribution in [0.4, 0.5) is 10.5 Å². The number of carbonyl (C=O) groups excluding carboxylic acids is 2. The molecule has 5 rings (SSSR count). The van der Waals surface area contributed by atoms with Gasteiger partial charge in [0.1, 0.15) is 0 Å². The van der Waals surface area contributed by atoms with E-state index in [1.807, 2.05) is 6.07 Å². The molecule has 2 aromatic carbocycles. The molecule has 0 saturated carbocycles. The fourth-order valence-electron chi connectivity index (χ4n) is 4.22. The van der Waals surface area contributed by atoms with E-state index in [9.17, 15) is 14.4 Å². The first-order valence-electron chi connectivity index (χ1n) is 9.47. The van der Waals surface area contributed by atoms with E-state index in [2.05, 4.69) is 10.4 Å². The highest BCUT2D eigenvalue weighted by Gasteiger charge is 2.26. The molecule has 2 aliphatic rings. The average molecular weight is 390 g/mol. The summed E-state index contributed by atoms with van der Waals surface area (Å²) in [6.45, 7) is 0.915. The van der Waals surface area contributed by atoms with Gasteiger partial charge in [-0.05, 0) is 36.4 Å². The number of hydrogen-bond acceptors (Lipinski definition) is 4. The first-order chi connectivity index (χ1) is 14.0. The van der Waals surface area contributed by atoms with Gasteiger partial charge in [0, 0.05) is 41.5 Å². The number of ketones is 1. The number of nitrogens with one attached hydrogen (secondary N) is 1. The number of piperidine rings is 1. The van der Waals surface area contributed by atoms with Gasteiger partial charge in [0.2, 0.25) is 0 Å². The van der Waals surface area contributed by atoms with Crippen molar-refractivity contribution < 1.29 is 19.5 Å². The van der Waals surface area contributed by atoms with Crippen LogP contribution in [0.15, 0.2) is 42.7 Å². The number of benzene rings is 2. The van der Waals surface area contributed by atoms with Gasteiger partial charge >= 0.3 is 6.09 Å². The molecule has 8 heteroatoms. The van der Waals surface area contributed by atoms with E-state index in [0.29, 0.717) is 42.6 Å². The molecule has 0 bridgehead atoms. The van der Waals surface area contributed by atoms with Crippen LogP contribution in [0.2, 0.25) is 0 Å². The molecule has 1 saturated heterocycles. The number of rotatable bonds is 3. The molecule has 29 heavy (non-hydrogen) atoms. The van der Waals surface area contributed by atoms with Gasteiger partial charge in [-0.2, -0.15) is 5.10 Å². The third-order valence-corrected chi connectivity index (χ3v) is 5.75. The molecule has 2 aliphatic heterocycles. The number of nitrogens with zero attached hydrogens (tertiary/aromatic N) is 3. The molecule has 146 valence electrons. The zero-order chi connectivity index (χ0) is 20.1. The van der Waals surface area contributed by atoms with Crippen LogP contribution in [-0.2, 0) is 0 Å². The molecule has 3 aromatic rings. The van der Waals surface area contributed by atoms with Crippen LogP contribution in [-0.4, -0.2) is 50.7 Å². The van der Waals surface area contributed by atoms with Crippen LogP contribution < -0.4 is 5.32 Å². The van der Waals surface area contributed by atoms with Crippen molar-refractivity contribution in [3.63, 3.8) is 0 Å². The highest BCUT2D eigenvalue weighted by molar-refractivity contribution is 6.27. The van der Waals surface area contributed by atoms with Crippen molar-refractivity contribution in [3.8, 4) is 0 Å². The monoisotopic (exact) mass is 390 g/mol. The highest BCUT2D eigenvalue weighted by Crippen LogP contribution is 2.35. The summed E-state index contributed by atoms with van der Waals surface area (Å²) < 4.78 is 1.76. The van der Waals surface area contributed by atoms with Gasteiger partial charge < -0.3 is 15.3 Å². The molecule has 2 amide bonds. The zero-order valence-electron chi connectivity index (χ0n) is 15.5. The lowest BCUT2D eigenvalue weighted by atomic mass is 9.96. The quantitative estimate of drug-likeness (QED) is 0.669. The van der Waals surface area contributed by atoms with Crippen LogP contribution in [0.5, 0.6) is 0 Å². The normalized spacial score (nSPS) is 16.3. The summed E-state index contributed by atoms with van der Waals surface area (Å²) >= 11 is 0. The number of carbonyl (C=O) groups is 3. The van der Waals surface area contributed by atoms with Crippen LogP contribution in [0.25, 0.3) is 10.8 Å². The van der Waals surface area contributed by atoms with Crippen molar-refractivity contribution in [2.75, 3.05) is 18.4 Å². The van der Waals surface area contributed by atoms with E-state index in [1.165, 1.54) is 4.90 Å². The minimum atomic E-state index is -0.903. The average Bonchev–Trinajstić information content (AvgIpc) is 3.35. The maximum atomic E-state index is 13.2. The van der Waals surface area contributed by atoms with Crippen LogP contribution in [0, 0.1) is 0 Å². The van der Waals surface area contributed by atoms with Crippen LogP contribution in [0.1, 0.15) is 45.2 Å². The number of carboxylic acid groups (broad SMARTS) is 1. The Morgan fingerprint density at radius 3 is 2.69 bits per heavy atom. The topological polar surface area (TPSA) is 105 Å². The summed E-state index contributed by atoms with van der Waals surface area (Å²) in [5, 5.41) is 17.8. The molecule has 0 unspecified atom stereocenters. The second kappa shape index (κ2) is 6.44. The fourth-order valence-corrected chi connectivity index (χ4v) is 4.22. The Bertz CT molecular complexity index is 1170. The second-order valence-electron chi connectivity index (χ2n) is 7.38. The smallest absolute Gasteiger partial charge is 0.407 e. The number of aromatic nitrogens is 2. The Kier molecular flexibility index (Phi) is 3.87. The molecule has 0 atom stereocenters. The predicted octanol–water partition coefficient (Wildman–Crippen LogP) is 3.15. The third-order valence-electron chi connectivity index (χ3n) is 5.75. The SMILES string of the molecule is O=C(c1cnn(C2CCN(C(=O)O)CC2)c1)c1ccc2c3c(cccc13)C(=O)N2. The van der Waals surface area contributed by atoms with Crippen molar-refractivity contribution in [1.29, 1.82) is 0 Å². The van der Waals surface area contributed by atoms with Gasteiger partial charge in [0.05, 0.1) is 17.8 Å². The minimum absolute atomic E-state index is 0.0711. The molecule has 0 aliphatic carbocycles. The Labute approximate surface area is 165 Å². The van der Waals surface area contributed by atoms with Crippen molar-refractivity contribution in [1.82, 2.24) is 14.7 Å². The summed E-state index contributed by atoms with van der Waals surface area (Å²) in [5.74, 6) is -0.307. The number of anilines is 1. The number of amides is 2. The molecular weight excluding hydrogens is 372 g/mol. The molecule has 8 nitrogen and oxygen atoms in total. The Morgan fingerprint density at radius 1 is 1.14 bits per heavy atom. The summed E-state index contributed by atoms with van der Waals surface area (Å²) in [7, 11) is 0. The first kappa shape index (κ1) is 17.4. The second-order valence-corrected chi connectivity index (χ2v) is 7.38. The maximum absolute atomic E-state index is 13.2. The lowest BCUT2D eigenvalue weighted by Crippen LogP contribution is -2.38. The van der Waals surface area contributed by atoms with Gasteiger partial charge in [0.25, 0.3) is 5.91 Å². The van der Waals surface area contributed by atoms with Gasteiger partial charge in [0.15, 0.2) is 5.78 Å². The Morgan fingerprint density at radius 2 is 1.93 bits per heavy atom. The molecular formula is C21H18N4O4. The summed E-state index contributed by atoms with van der Waals surface area (Å²) in [6, 6.07) is 8.95.